The van der Waals surface area contributed by atoms with Crippen LogP contribution in [0.5, 0.6) is 11.6 Å². The molecule has 0 amide bonds. The van der Waals surface area contributed by atoms with Crippen LogP contribution in [0.1, 0.15) is 0 Å². The van der Waals surface area contributed by atoms with Gasteiger partial charge in [0.25, 0.3) is 5.89 Å². The summed E-state index contributed by atoms with van der Waals surface area (Å²) in [6.07, 6.45) is 1.54. The normalized spacial score (nSPS) is 10.7. The third-order valence-corrected chi connectivity index (χ3v) is 4.07. The van der Waals surface area contributed by atoms with Crippen LogP contribution in [-0.4, -0.2) is 15.1 Å². The van der Waals surface area contributed by atoms with Gasteiger partial charge in [-0.25, -0.2) is 9.37 Å². The van der Waals surface area contributed by atoms with Gasteiger partial charge in [0, 0.05) is 12.3 Å². The Labute approximate surface area is 140 Å². The second-order valence-electron chi connectivity index (χ2n) is 4.82. The molecule has 0 saturated heterocycles. The first kappa shape index (κ1) is 14.5. The van der Waals surface area contributed by atoms with Crippen LogP contribution in [0.2, 0.25) is 0 Å². The molecule has 0 atom stereocenters. The van der Waals surface area contributed by atoms with Gasteiger partial charge in [0.2, 0.25) is 11.7 Å². The van der Waals surface area contributed by atoms with Crippen molar-refractivity contribution >= 4 is 11.3 Å². The number of thiophene rings is 1. The van der Waals surface area contributed by atoms with Crippen molar-refractivity contribution < 1.29 is 13.7 Å². The van der Waals surface area contributed by atoms with E-state index in [9.17, 15) is 4.39 Å². The van der Waals surface area contributed by atoms with Crippen LogP contribution in [0, 0.1) is 5.82 Å². The fourth-order valence-corrected chi connectivity index (χ4v) is 2.70. The van der Waals surface area contributed by atoms with E-state index in [0.717, 1.165) is 4.88 Å². The average Bonchev–Trinajstić information content (AvgIpc) is 3.29. The summed E-state index contributed by atoms with van der Waals surface area (Å²) in [5, 5.41) is 5.90. The second kappa shape index (κ2) is 6.21. The number of aromatic nitrogens is 3. The molecule has 0 saturated carbocycles. The quantitative estimate of drug-likeness (QED) is 0.535. The van der Waals surface area contributed by atoms with Crippen LogP contribution >= 0.6 is 11.3 Å². The van der Waals surface area contributed by atoms with Crippen LogP contribution < -0.4 is 4.74 Å². The molecule has 4 aromatic rings. The molecule has 0 aliphatic carbocycles. The van der Waals surface area contributed by atoms with Gasteiger partial charge >= 0.3 is 0 Å². The molecule has 0 aliphatic rings. The number of hydrogen-bond acceptors (Lipinski definition) is 6. The Kier molecular flexibility index (Phi) is 3.76. The maximum atomic E-state index is 13.6. The monoisotopic (exact) mass is 339 g/mol. The lowest BCUT2D eigenvalue weighted by atomic mass is 10.3. The smallest absolute Gasteiger partial charge is 0.259 e. The van der Waals surface area contributed by atoms with Crippen LogP contribution in [-0.2, 0) is 0 Å². The summed E-state index contributed by atoms with van der Waals surface area (Å²) in [5.41, 5.74) is 0.659. The number of benzene rings is 1. The fourth-order valence-electron chi connectivity index (χ4n) is 2.05. The van der Waals surface area contributed by atoms with Crippen LogP contribution in [0.25, 0.3) is 22.2 Å². The van der Waals surface area contributed by atoms with E-state index < -0.39 is 5.82 Å². The van der Waals surface area contributed by atoms with Crippen molar-refractivity contribution in [3.63, 3.8) is 0 Å². The minimum atomic E-state index is -0.444. The van der Waals surface area contributed by atoms with E-state index >= 15 is 0 Å². The van der Waals surface area contributed by atoms with Gasteiger partial charge in [-0.05, 0) is 29.6 Å². The zero-order chi connectivity index (χ0) is 16.4. The molecule has 3 heterocycles. The molecule has 118 valence electrons. The summed E-state index contributed by atoms with van der Waals surface area (Å²) >= 11 is 1.53. The predicted octanol–water partition coefficient (Wildman–Crippen LogP) is 4.79. The molecule has 0 unspecified atom stereocenters. The Morgan fingerprint density at radius 2 is 1.96 bits per heavy atom. The van der Waals surface area contributed by atoms with Gasteiger partial charge in [-0.3, -0.25) is 0 Å². The largest absolute Gasteiger partial charge is 0.436 e. The molecule has 24 heavy (non-hydrogen) atoms. The fraction of sp³-hybridized carbons (Fsp3) is 0. The van der Waals surface area contributed by atoms with Crippen molar-refractivity contribution in [3.05, 3.63) is 65.9 Å². The first-order valence-corrected chi connectivity index (χ1v) is 7.94. The van der Waals surface area contributed by atoms with E-state index in [-0.39, 0.29) is 11.6 Å². The number of pyridine rings is 1. The highest BCUT2D eigenvalue weighted by Crippen LogP contribution is 2.27. The van der Waals surface area contributed by atoms with Crippen LogP contribution in [0.4, 0.5) is 4.39 Å². The second-order valence-corrected chi connectivity index (χ2v) is 5.77. The van der Waals surface area contributed by atoms with Gasteiger partial charge in [0.15, 0.2) is 11.6 Å². The summed E-state index contributed by atoms with van der Waals surface area (Å²) in [6.45, 7) is 0. The molecule has 4 rings (SSSR count). The number of ether oxygens (including phenoxy) is 1. The van der Waals surface area contributed by atoms with E-state index in [1.165, 1.54) is 23.5 Å². The van der Waals surface area contributed by atoms with Gasteiger partial charge in [0.05, 0.1) is 10.4 Å². The lowest BCUT2D eigenvalue weighted by molar-refractivity contribution is 0.425. The summed E-state index contributed by atoms with van der Waals surface area (Å²) in [5.74, 6) is 0.855. The molecule has 0 aliphatic heterocycles. The van der Waals surface area contributed by atoms with Crippen LogP contribution in [0.15, 0.2) is 64.6 Å². The van der Waals surface area contributed by atoms with Gasteiger partial charge in [-0.1, -0.05) is 23.4 Å². The molecule has 0 radical (unpaired) electrons. The number of para-hydroxylation sites is 1. The predicted molar refractivity (Wildman–Crippen MR) is 87.3 cm³/mol. The van der Waals surface area contributed by atoms with Crippen molar-refractivity contribution in [2.24, 2.45) is 0 Å². The Morgan fingerprint density at radius 1 is 1.04 bits per heavy atom. The molecule has 1 aromatic carbocycles. The molecule has 0 fully saturated rings. The summed E-state index contributed by atoms with van der Waals surface area (Å²) in [4.78, 5) is 9.42. The van der Waals surface area contributed by atoms with Crippen molar-refractivity contribution in [3.8, 4) is 33.8 Å². The highest BCUT2D eigenvalue weighted by atomic mass is 32.1. The standard InChI is InChI=1S/C17H10FN3O2S/c18-12-4-1-2-5-13(12)22-15-8-7-11(10-19-15)17-20-16(21-23-17)14-6-3-9-24-14/h1-10H. The highest BCUT2D eigenvalue weighted by Gasteiger charge is 2.12. The van der Waals surface area contributed by atoms with E-state index in [1.807, 2.05) is 17.5 Å². The Balaban J connectivity index is 1.55. The summed E-state index contributed by atoms with van der Waals surface area (Å²) in [6, 6.07) is 13.3. The Morgan fingerprint density at radius 3 is 2.71 bits per heavy atom. The number of nitrogens with zero attached hydrogens (tertiary/aromatic N) is 3. The SMILES string of the molecule is Fc1ccccc1Oc1ccc(-c2nc(-c3cccs3)no2)cn1. The van der Waals surface area contributed by atoms with E-state index in [0.29, 0.717) is 17.3 Å². The average molecular weight is 339 g/mol. The zero-order valence-electron chi connectivity index (χ0n) is 12.2. The maximum absolute atomic E-state index is 13.6. The third kappa shape index (κ3) is 2.89. The van der Waals surface area contributed by atoms with Gasteiger partial charge in [0.1, 0.15) is 0 Å². The summed E-state index contributed by atoms with van der Waals surface area (Å²) in [7, 11) is 0. The Hall–Kier alpha value is -3.06. The van der Waals surface area contributed by atoms with Gasteiger partial charge in [-0.15, -0.1) is 11.3 Å². The maximum Gasteiger partial charge on any atom is 0.259 e. The van der Waals surface area contributed by atoms with E-state index in [4.69, 9.17) is 9.26 Å². The first-order valence-electron chi connectivity index (χ1n) is 7.06. The topological polar surface area (TPSA) is 61.0 Å². The molecule has 0 spiro atoms. The van der Waals surface area contributed by atoms with Crippen molar-refractivity contribution in [1.29, 1.82) is 0 Å². The molecular formula is C17H10FN3O2S. The highest BCUT2D eigenvalue weighted by molar-refractivity contribution is 7.13. The third-order valence-electron chi connectivity index (χ3n) is 3.20. The minimum Gasteiger partial charge on any atom is -0.436 e. The van der Waals surface area contributed by atoms with Crippen molar-refractivity contribution in [2.75, 3.05) is 0 Å². The molecule has 0 bridgehead atoms. The van der Waals surface area contributed by atoms with E-state index in [2.05, 4.69) is 15.1 Å². The Bertz CT molecular complexity index is 952. The van der Waals surface area contributed by atoms with Crippen molar-refractivity contribution in [2.45, 2.75) is 0 Å². The molecule has 7 heteroatoms. The lowest BCUT2D eigenvalue weighted by Gasteiger charge is -2.05. The van der Waals surface area contributed by atoms with Crippen molar-refractivity contribution in [1.82, 2.24) is 15.1 Å². The molecule has 5 nitrogen and oxygen atoms in total. The first-order chi connectivity index (χ1) is 11.8. The van der Waals surface area contributed by atoms with E-state index in [1.54, 1.807) is 30.5 Å². The molecule has 3 aromatic heterocycles. The zero-order valence-corrected chi connectivity index (χ0v) is 13.0. The molecular weight excluding hydrogens is 329 g/mol. The molecule has 0 N–H and O–H groups in total. The number of hydrogen-bond donors (Lipinski definition) is 0. The number of rotatable bonds is 4. The lowest BCUT2D eigenvalue weighted by Crippen LogP contribution is -1.90. The van der Waals surface area contributed by atoms with Crippen LogP contribution in [0.3, 0.4) is 0 Å². The minimum absolute atomic E-state index is 0.121. The number of halogens is 1. The summed E-state index contributed by atoms with van der Waals surface area (Å²) < 4.78 is 24.2. The van der Waals surface area contributed by atoms with Gasteiger partial charge < -0.3 is 9.26 Å². The van der Waals surface area contributed by atoms with Gasteiger partial charge in [-0.2, -0.15) is 4.98 Å².